The number of hydrogen-bond donors (Lipinski definition) is 1. The number of benzene rings is 1. The van der Waals surface area contributed by atoms with Crippen LogP contribution in [-0.2, 0) is 19.6 Å². The van der Waals surface area contributed by atoms with Crippen molar-refractivity contribution in [3.05, 3.63) is 34.9 Å². The molecule has 1 atom stereocenters. The fourth-order valence-corrected chi connectivity index (χ4v) is 3.30. The van der Waals surface area contributed by atoms with E-state index in [1.54, 1.807) is 0 Å². The monoisotopic (exact) mass is 259 g/mol. The SMILES string of the molecule is CN(C)C1CCCN(Cc2ccc3c(c2)CNC3)C1. The molecule has 1 N–H and O–H groups in total. The first-order valence-corrected chi connectivity index (χ1v) is 7.42. The van der Waals surface area contributed by atoms with E-state index >= 15 is 0 Å². The third kappa shape index (κ3) is 2.99. The van der Waals surface area contributed by atoms with E-state index in [4.69, 9.17) is 0 Å². The molecule has 0 bridgehead atoms. The van der Waals surface area contributed by atoms with Crippen LogP contribution in [0.25, 0.3) is 0 Å². The summed E-state index contributed by atoms with van der Waals surface area (Å²) in [6.45, 7) is 5.66. The van der Waals surface area contributed by atoms with E-state index in [1.165, 1.54) is 42.6 Å². The van der Waals surface area contributed by atoms with Gasteiger partial charge in [0.25, 0.3) is 0 Å². The van der Waals surface area contributed by atoms with Gasteiger partial charge in [0.1, 0.15) is 0 Å². The molecule has 0 aromatic heterocycles. The number of likely N-dealkylation sites (tertiary alicyclic amines) is 1. The predicted octanol–water partition coefficient (Wildman–Crippen LogP) is 1.82. The van der Waals surface area contributed by atoms with Gasteiger partial charge in [0.2, 0.25) is 0 Å². The van der Waals surface area contributed by atoms with Gasteiger partial charge in [0, 0.05) is 32.2 Å². The van der Waals surface area contributed by atoms with E-state index in [0.717, 1.165) is 25.7 Å². The fraction of sp³-hybridized carbons (Fsp3) is 0.625. The molecule has 1 aromatic carbocycles. The average molecular weight is 259 g/mol. The van der Waals surface area contributed by atoms with E-state index in [2.05, 4.69) is 47.4 Å². The highest BCUT2D eigenvalue weighted by Crippen LogP contribution is 2.20. The zero-order chi connectivity index (χ0) is 13.2. The van der Waals surface area contributed by atoms with Crippen molar-refractivity contribution in [1.29, 1.82) is 0 Å². The normalized spacial score (nSPS) is 23.8. The Bertz CT molecular complexity index is 442. The lowest BCUT2D eigenvalue weighted by Gasteiger charge is -2.36. The van der Waals surface area contributed by atoms with Crippen molar-refractivity contribution in [3.8, 4) is 0 Å². The van der Waals surface area contributed by atoms with Gasteiger partial charge >= 0.3 is 0 Å². The third-order valence-corrected chi connectivity index (χ3v) is 4.52. The molecule has 3 nitrogen and oxygen atoms in total. The third-order valence-electron chi connectivity index (χ3n) is 4.52. The summed E-state index contributed by atoms with van der Waals surface area (Å²) in [5, 5.41) is 3.42. The summed E-state index contributed by atoms with van der Waals surface area (Å²) in [5.74, 6) is 0. The second-order valence-corrected chi connectivity index (χ2v) is 6.20. The number of fused-ring (bicyclic) bond motifs is 1. The second-order valence-electron chi connectivity index (χ2n) is 6.20. The molecule has 0 spiro atoms. The Labute approximate surface area is 116 Å². The molecule has 1 saturated heterocycles. The molecule has 2 aliphatic heterocycles. The van der Waals surface area contributed by atoms with Crippen LogP contribution in [-0.4, -0.2) is 43.0 Å². The first-order chi connectivity index (χ1) is 9.22. The Morgan fingerprint density at radius 3 is 2.95 bits per heavy atom. The first-order valence-electron chi connectivity index (χ1n) is 7.42. The lowest BCUT2D eigenvalue weighted by Crippen LogP contribution is -2.44. The van der Waals surface area contributed by atoms with Crippen LogP contribution in [0.3, 0.4) is 0 Å². The average Bonchev–Trinajstić information content (AvgIpc) is 2.86. The van der Waals surface area contributed by atoms with Crippen LogP contribution in [0.1, 0.15) is 29.5 Å². The summed E-state index contributed by atoms with van der Waals surface area (Å²) in [4.78, 5) is 4.98. The quantitative estimate of drug-likeness (QED) is 0.893. The molecular formula is C16H25N3. The van der Waals surface area contributed by atoms with Crippen LogP contribution in [0.2, 0.25) is 0 Å². The molecule has 2 aliphatic rings. The molecule has 1 unspecified atom stereocenters. The van der Waals surface area contributed by atoms with Crippen LogP contribution in [0.5, 0.6) is 0 Å². The van der Waals surface area contributed by atoms with Crippen molar-refractivity contribution >= 4 is 0 Å². The van der Waals surface area contributed by atoms with Gasteiger partial charge in [-0.15, -0.1) is 0 Å². The number of hydrogen-bond acceptors (Lipinski definition) is 3. The summed E-state index contributed by atoms with van der Waals surface area (Å²) in [6, 6.07) is 7.74. The van der Waals surface area contributed by atoms with E-state index in [1.807, 2.05) is 0 Å². The number of nitrogens with zero attached hydrogens (tertiary/aromatic N) is 2. The molecule has 0 radical (unpaired) electrons. The summed E-state index contributed by atoms with van der Waals surface area (Å²) in [6.07, 6.45) is 2.67. The highest BCUT2D eigenvalue weighted by atomic mass is 15.2. The van der Waals surface area contributed by atoms with Crippen molar-refractivity contribution in [1.82, 2.24) is 15.1 Å². The van der Waals surface area contributed by atoms with Gasteiger partial charge in [-0.25, -0.2) is 0 Å². The standard InChI is InChI=1S/C16H25N3/c1-18(2)16-4-3-7-19(12-16)11-13-5-6-14-9-17-10-15(14)8-13/h5-6,8,16-17H,3-4,7,9-12H2,1-2H3. The Kier molecular flexibility index (Phi) is 3.87. The van der Waals surface area contributed by atoms with Gasteiger partial charge in [-0.3, -0.25) is 4.90 Å². The van der Waals surface area contributed by atoms with Gasteiger partial charge in [-0.2, -0.15) is 0 Å². The fourth-order valence-electron chi connectivity index (χ4n) is 3.30. The van der Waals surface area contributed by atoms with E-state index in [-0.39, 0.29) is 0 Å². The van der Waals surface area contributed by atoms with Crippen LogP contribution in [0.15, 0.2) is 18.2 Å². The zero-order valence-corrected chi connectivity index (χ0v) is 12.2. The predicted molar refractivity (Wildman–Crippen MR) is 79.0 cm³/mol. The molecular weight excluding hydrogens is 234 g/mol. The van der Waals surface area contributed by atoms with E-state index < -0.39 is 0 Å². The molecule has 1 fully saturated rings. The molecule has 19 heavy (non-hydrogen) atoms. The topological polar surface area (TPSA) is 18.5 Å². The number of rotatable bonds is 3. The highest BCUT2D eigenvalue weighted by molar-refractivity contribution is 5.34. The van der Waals surface area contributed by atoms with Crippen LogP contribution in [0.4, 0.5) is 0 Å². The number of nitrogens with one attached hydrogen (secondary N) is 1. The summed E-state index contributed by atoms with van der Waals surface area (Å²) in [7, 11) is 4.41. The molecule has 3 rings (SSSR count). The van der Waals surface area contributed by atoms with Gasteiger partial charge in [0.05, 0.1) is 0 Å². The second kappa shape index (κ2) is 5.61. The molecule has 0 amide bonds. The van der Waals surface area contributed by atoms with Crippen LogP contribution < -0.4 is 5.32 Å². The zero-order valence-electron chi connectivity index (χ0n) is 12.2. The molecule has 2 heterocycles. The van der Waals surface area contributed by atoms with Gasteiger partial charge < -0.3 is 10.2 Å². The molecule has 104 valence electrons. The minimum absolute atomic E-state index is 0.727. The van der Waals surface area contributed by atoms with Gasteiger partial charge in [0.15, 0.2) is 0 Å². The lowest BCUT2D eigenvalue weighted by atomic mass is 10.0. The first kappa shape index (κ1) is 13.1. The molecule has 0 saturated carbocycles. The van der Waals surface area contributed by atoms with Crippen molar-refractivity contribution in [3.63, 3.8) is 0 Å². The maximum atomic E-state index is 3.42. The lowest BCUT2D eigenvalue weighted by molar-refractivity contribution is 0.128. The Balaban J connectivity index is 1.64. The Hall–Kier alpha value is -0.900. The maximum absolute atomic E-state index is 3.42. The minimum atomic E-state index is 0.727. The smallest absolute Gasteiger partial charge is 0.0234 e. The van der Waals surface area contributed by atoms with Crippen LogP contribution in [0, 0.1) is 0 Å². The van der Waals surface area contributed by atoms with Crippen LogP contribution >= 0.6 is 0 Å². The largest absolute Gasteiger partial charge is 0.309 e. The number of piperidine rings is 1. The maximum Gasteiger partial charge on any atom is 0.0234 e. The van der Waals surface area contributed by atoms with Gasteiger partial charge in [-0.1, -0.05) is 18.2 Å². The summed E-state index contributed by atoms with van der Waals surface area (Å²) >= 11 is 0. The van der Waals surface area contributed by atoms with Crippen molar-refractivity contribution in [2.75, 3.05) is 27.2 Å². The van der Waals surface area contributed by atoms with E-state index in [9.17, 15) is 0 Å². The molecule has 1 aromatic rings. The molecule has 0 aliphatic carbocycles. The van der Waals surface area contributed by atoms with Crippen molar-refractivity contribution < 1.29 is 0 Å². The van der Waals surface area contributed by atoms with E-state index in [0.29, 0.717) is 0 Å². The summed E-state index contributed by atoms with van der Waals surface area (Å²) < 4.78 is 0. The molecule has 3 heteroatoms. The number of likely N-dealkylation sites (N-methyl/N-ethyl adjacent to an activating group) is 1. The summed E-state index contributed by atoms with van der Waals surface area (Å²) in [5.41, 5.74) is 4.45. The highest BCUT2D eigenvalue weighted by Gasteiger charge is 2.21. The van der Waals surface area contributed by atoms with Crippen molar-refractivity contribution in [2.24, 2.45) is 0 Å². The minimum Gasteiger partial charge on any atom is -0.309 e. The Morgan fingerprint density at radius 1 is 1.26 bits per heavy atom. The Morgan fingerprint density at radius 2 is 2.11 bits per heavy atom. The van der Waals surface area contributed by atoms with Crippen molar-refractivity contribution in [2.45, 2.75) is 38.5 Å². The van der Waals surface area contributed by atoms with Gasteiger partial charge in [-0.05, 0) is 50.2 Å².